The Morgan fingerprint density at radius 2 is 1.92 bits per heavy atom. The Morgan fingerprint density at radius 3 is 2.56 bits per heavy atom. The first kappa shape index (κ1) is 18.5. The van der Waals surface area contributed by atoms with Crippen molar-refractivity contribution in [2.75, 3.05) is 30.4 Å². The molecule has 0 aliphatic carbocycles. The van der Waals surface area contributed by atoms with Crippen molar-refractivity contribution in [3.63, 3.8) is 0 Å². The van der Waals surface area contributed by atoms with E-state index >= 15 is 0 Å². The van der Waals surface area contributed by atoms with E-state index in [1.54, 1.807) is 6.07 Å². The molecule has 1 saturated heterocycles. The van der Waals surface area contributed by atoms with Crippen LogP contribution in [0.15, 0.2) is 18.2 Å². The van der Waals surface area contributed by atoms with Crippen molar-refractivity contribution in [3.8, 4) is 0 Å². The Bertz CT molecular complexity index is 777. The summed E-state index contributed by atoms with van der Waals surface area (Å²) >= 11 is 18.7. The summed E-state index contributed by atoms with van der Waals surface area (Å²) in [6.45, 7) is 5.66. The van der Waals surface area contributed by atoms with E-state index in [-0.39, 0.29) is 6.04 Å². The predicted octanol–water partition coefficient (Wildman–Crippen LogP) is 4.33. The van der Waals surface area contributed by atoms with Gasteiger partial charge in [0.05, 0.1) is 11.7 Å². The van der Waals surface area contributed by atoms with Gasteiger partial charge in [-0.2, -0.15) is 4.98 Å². The topological polar surface area (TPSA) is 53.1 Å². The minimum atomic E-state index is -0.0779. The lowest BCUT2D eigenvalue weighted by Gasteiger charge is -2.39. The summed E-state index contributed by atoms with van der Waals surface area (Å²) in [5, 5.41) is 8.32. The van der Waals surface area contributed by atoms with Crippen LogP contribution in [0.25, 0.3) is 0 Å². The van der Waals surface area contributed by atoms with Crippen LogP contribution in [0.5, 0.6) is 0 Å². The van der Waals surface area contributed by atoms with Gasteiger partial charge in [-0.15, -0.1) is 0 Å². The molecule has 0 unspecified atom stereocenters. The van der Waals surface area contributed by atoms with Gasteiger partial charge in [-0.1, -0.05) is 40.9 Å². The molecule has 1 aromatic heterocycles. The van der Waals surface area contributed by atoms with E-state index in [0.717, 1.165) is 24.3 Å². The molecule has 5 nitrogen and oxygen atoms in total. The number of benzene rings is 1. The number of aryl methyl sites for hydroxylation is 1. The molecule has 25 heavy (non-hydrogen) atoms. The van der Waals surface area contributed by atoms with Crippen LogP contribution in [-0.4, -0.2) is 36.1 Å². The molecular formula is C17H20Cl3N5. The fourth-order valence-electron chi connectivity index (χ4n) is 2.74. The predicted molar refractivity (Wildman–Crippen MR) is 105 cm³/mol. The molecule has 1 aliphatic heterocycles. The van der Waals surface area contributed by atoms with Crippen molar-refractivity contribution in [2.24, 2.45) is 0 Å². The number of hydrogen-bond donors (Lipinski definition) is 2. The van der Waals surface area contributed by atoms with Gasteiger partial charge in [0.15, 0.2) is 5.82 Å². The average Bonchev–Trinajstić information content (AvgIpc) is 2.50. The first-order chi connectivity index (χ1) is 11.9. The second-order valence-electron chi connectivity index (χ2n) is 6.19. The van der Waals surface area contributed by atoms with E-state index in [9.17, 15) is 0 Å². The molecule has 0 radical (unpaired) electrons. The summed E-state index contributed by atoms with van der Waals surface area (Å²) in [6, 6.07) is 5.84. The van der Waals surface area contributed by atoms with Crippen LogP contribution in [0.1, 0.15) is 24.2 Å². The zero-order valence-corrected chi connectivity index (χ0v) is 16.5. The third kappa shape index (κ3) is 3.95. The summed E-state index contributed by atoms with van der Waals surface area (Å²) < 4.78 is 0. The number of nitrogens with zero attached hydrogens (tertiary/aromatic N) is 3. The van der Waals surface area contributed by atoms with Gasteiger partial charge in [-0.05, 0) is 38.6 Å². The van der Waals surface area contributed by atoms with Crippen LogP contribution in [0.3, 0.4) is 0 Å². The van der Waals surface area contributed by atoms with Crippen LogP contribution in [0.2, 0.25) is 15.1 Å². The number of nitrogens with one attached hydrogen (secondary N) is 2. The number of halogens is 3. The standard InChI is InChI=1S/C17H20Cl3N5/c1-9(13-5-4-11(18)6-14(13)19)22-16-15(20)10(2)23-17(24-16)25-7-12(8-25)21-3/h4-6,9,12,21H,7-8H2,1-3H3,(H,22,23,24)/t9-/m1/s1. The maximum atomic E-state index is 6.41. The number of likely N-dealkylation sites (N-methyl/N-ethyl adjacent to an activating group) is 1. The van der Waals surface area contributed by atoms with Gasteiger partial charge < -0.3 is 15.5 Å². The average molecular weight is 401 g/mol. The molecule has 0 saturated carbocycles. The highest BCUT2D eigenvalue weighted by atomic mass is 35.5. The molecule has 3 rings (SSSR count). The Hall–Kier alpha value is -1.27. The highest BCUT2D eigenvalue weighted by molar-refractivity contribution is 6.35. The van der Waals surface area contributed by atoms with Gasteiger partial charge in [0.1, 0.15) is 5.02 Å². The number of rotatable bonds is 5. The minimum Gasteiger partial charge on any atom is -0.362 e. The molecule has 0 spiro atoms. The first-order valence-electron chi connectivity index (χ1n) is 8.07. The van der Waals surface area contributed by atoms with Crippen LogP contribution in [-0.2, 0) is 0 Å². The lowest BCUT2D eigenvalue weighted by Crippen LogP contribution is -2.57. The highest BCUT2D eigenvalue weighted by Gasteiger charge is 2.28. The van der Waals surface area contributed by atoms with Crippen molar-refractivity contribution < 1.29 is 0 Å². The van der Waals surface area contributed by atoms with E-state index in [0.29, 0.717) is 32.9 Å². The fourth-order valence-corrected chi connectivity index (χ4v) is 3.45. The van der Waals surface area contributed by atoms with Crippen molar-refractivity contribution in [2.45, 2.75) is 25.9 Å². The summed E-state index contributed by atoms with van der Waals surface area (Å²) in [4.78, 5) is 11.2. The lowest BCUT2D eigenvalue weighted by molar-refractivity contribution is 0.443. The summed E-state index contributed by atoms with van der Waals surface area (Å²) in [5.41, 5.74) is 1.68. The molecule has 2 N–H and O–H groups in total. The first-order valence-corrected chi connectivity index (χ1v) is 9.20. The Morgan fingerprint density at radius 1 is 1.20 bits per heavy atom. The van der Waals surface area contributed by atoms with Gasteiger partial charge in [0.25, 0.3) is 0 Å². The molecule has 8 heteroatoms. The quantitative estimate of drug-likeness (QED) is 0.782. The molecule has 134 valence electrons. The van der Waals surface area contributed by atoms with Gasteiger partial charge in [0.2, 0.25) is 5.95 Å². The fraction of sp³-hybridized carbons (Fsp3) is 0.412. The summed E-state index contributed by atoms with van der Waals surface area (Å²) in [6.07, 6.45) is 0. The van der Waals surface area contributed by atoms with Gasteiger partial charge >= 0.3 is 0 Å². The minimum absolute atomic E-state index is 0.0779. The molecule has 1 aliphatic rings. The largest absolute Gasteiger partial charge is 0.362 e. The maximum absolute atomic E-state index is 6.41. The van der Waals surface area contributed by atoms with Crippen molar-refractivity contribution in [1.82, 2.24) is 15.3 Å². The van der Waals surface area contributed by atoms with E-state index in [2.05, 4.69) is 25.5 Å². The zero-order chi connectivity index (χ0) is 18.1. The van der Waals surface area contributed by atoms with Gasteiger partial charge in [0, 0.05) is 29.2 Å². The van der Waals surface area contributed by atoms with Crippen LogP contribution < -0.4 is 15.5 Å². The Kier molecular flexibility index (Phi) is 5.58. The molecule has 0 bridgehead atoms. The number of aromatic nitrogens is 2. The normalized spacial score (nSPS) is 15.8. The summed E-state index contributed by atoms with van der Waals surface area (Å²) in [7, 11) is 1.96. The monoisotopic (exact) mass is 399 g/mol. The van der Waals surface area contributed by atoms with Crippen molar-refractivity contribution in [1.29, 1.82) is 0 Å². The molecule has 1 atom stereocenters. The van der Waals surface area contributed by atoms with Gasteiger partial charge in [-0.3, -0.25) is 0 Å². The summed E-state index contributed by atoms with van der Waals surface area (Å²) in [5.74, 6) is 1.29. The second-order valence-corrected chi connectivity index (χ2v) is 7.42. The second kappa shape index (κ2) is 7.54. The zero-order valence-electron chi connectivity index (χ0n) is 14.3. The van der Waals surface area contributed by atoms with Crippen LogP contribution in [0, 0.1) is 6.92 Å². The van der Waals surface area contributed by atoms with Crippen LogP contribution in [0.4, 0.5) is 11.8 Å². The third-order valence-electron chi connectivity index (χ3n) is 4.36. The smallest absolute Gasteiger partial charge is 0.227 e. The Balaban J connectivity index is 1.82. The molecule has 2 heterocycles. The molecule has 0 amide bonds. The van der Waals surface area contributed by atoms with Crippen molar-refractivity contribution >= 4 is 46.6 Å². The molecule has 2 aromatic rings. The molecular weight excluding hydrogens is 381 g/mol. The van der Waals surface area contributed by atoms with E-state index in [1.165, 1.54) is 0 Å². The lowest BCUT2D eigenvalue weighted by atomic mass is 10.1. The maximum Gasteiger partial charge on any atom is 0.227 e. The van der Waals surface area contributed by atoms with Crippen LogP contribution >= 0.6 is 34.8 Å². The molecule has 1 fully saturated rings. The Labute approximate surface area is 162 Å². The van der Waals surface area contributed by atoms with E-state index in [4.69, 9.17) is 34.8 Å². The highest BCUT2D eigenvalue weighted by Crippen LogP contribution is 2.32. The SMILES string of the molecule is CNC1CN(c2nc(C)c(Cl)c(N[C@H](C)c3ccc(Cl)cc3Cl)n2)C1. The number of anilines is 2. The van der Waals surface area contributed by atoms with E-state index in [1.807, 2.05) is 33.0 Å². The van der Waals surface area contributed by atoms with E-state index < -0.39 is 0 Å². The third-order valence-corrected chi connectivity index (χ3v) is 5.37. The number of hydrogen-bond acceptors (Lipinski definition) is 5. The molecule has 1 aromatic carbocycles. The van der Waals surface area contributed by atoms with Crippen molar-refractivity contribution in [3.05, 3.63) is 44.5 Å². The van der Waals surface area contributed by atoms with Gasteiger partial charge in [-0.25, -0.2) is 4.98 Å².